The van der Waals surface area contributed by atoms with Crippen molar-refractivity contribution in [2.24, 2.45) is 5.41 Å². The second kappa shape index (κ2) is 6.95. The van der Waals surface area contributed by atoms with Gasteiger partial charge < -0.3 is 20.1 Å². The lowest BCUT2D eigenvalue weighted by Gasteiger charge is -2.29. The molecule has 0 aromatic heterocycles. The number of carboxylic acid groups (broad SMARTS) is 3. The summed E-state index contributed by atoms with van der Waals surface area (Å²) in [4.78, 5) is 32.3. The second-order valence-corrected chi connectivity index (χ2v) is 4.57. The maximum absolute atomic E-state index is 10.8. The maximum atomic E-state index is 10.8. The van der Waals surface area contributed by atoms with Crippen LogP contribution in [-0.2, 0) is 19.1 Å². The van der Waals surface area contributed by atoms with Crippen LogP contribution in [0.15, 0.2) is 0 Å². The number of ether oxygens (including phenoxy) is 1. The molecule has 0 aromatic rings. The van der Waals surface area contributed by atoms with Crippen LogP contribution in [-0.4, -0.2) is 45.9 Å². The lowest BCUT2D eigenvalue weighted by Crippen LogP contribution is -2.36. The van der Waals surface area contributed by atoms with Gasteiger partial charge in [-0.1, -0.05) is 0 Å². The van der Waals surface area contributed by atoms with Crippen molar-refractivity contribution in [3.8, 4) is 0 Å². The zero-order chi connectivity index (χ0) is 14.3. The van der Waals surface area contributed by atoms with E-state index in [0.29, 0.717) is 0 Å². The van der Waals surface area contributed by atoms with Crippen LogP contribution in [0.2, 0.25) is 0 Å². The summed E-state index contributed by atoms with van der Waals surface area (Å²) in [7, 11) is 0. The number of rotatable bonds is 9. The van der Waals surface area contributed by atoms with Crippen molar-refractivity contribution in [3.05, 3.63) is 0 Å². The highest BCUT2D eigenvalue weighted by atomic mass is 16.5. The molecule has 0 amide bonds. The fraction of sp³-hybridized carbons (Fsp3) is 0.727. The van der Waals surface area contributed by atoms with E-state index in [1.54, 1.807) is 13.8 Å². The van der Waals surface area contributed by atoms with Gasteiger partial charge in [0.1, 0.15) is 0 Å². The first-order valence-corrected chi connectivity index (χ1v) is 5.44. The topological polar surface area (TPSA) is 121 Å². The molecule has 0 rings (SSSR count). The van der Waals surface area contributed by atoms with E-state index < -0.39 is 42.6 Å². The number of hydrogen-bond acceptors (Lipinski definition) is 4. The summed E-state index contributed by atoms with van der Waals surface area (Å²) in [6.45, 7) is 3.19. The Morgan fingerprint density at radius 2 is 1.28 bits per heavy atom. The van der Waals surface area contributed by atoms with E-state index in [1.807, 2.05) is 0 Å². The van der Waals surface area contributed by atoms with E-state index in [-0.39, 0.29) is 12.7 Å². The smallest absolute Gasteiger partial charge is 0.304 e. The van der Waals surface area contributed by atoms with Gasteiger partial charge in [-0.05, 0) is 13.8 Å². The van der Waals surface area contributed by atoms with E-state index in [9.17, 15) is 14.4 Å². The fourth-order valence-electron chi connectivity index (χ4n) is 1.65. The molecular weight excluding hydrogens is 244 g/mol. The third kappa shape index (κ3) is 6.85. The zero-order valence-corrected chi connectivity index (χ0v) is 10.4. The Labute approximate surface area is 104 Å². The van der Waals surface area contributed by atoms with Gasteiger partial charge in [0, 0.05) is 5.41 Å². The Hall–Kier alpha value is -1.63. The van der Waals surface area contributed by atoms with Gasteiger partial charge >= 0.3 is 17.9 Å². The highest BCUT2D eigenvalue weighted by molar-refractivity contribution is 5.75. The second-order valence-electron chi connectivity index (χ2n) is 4.57. The fourth-order valence-corrected chi connectivity index (χ4v) is 1.65. The monoisotopic (exact) mass is 262 g/mol. The van der Waals surface area contributed by atoms with Gasteiger partial charge in [-0.15, -0.1) is 0 Å². The molecule has 7 nitrogen and oxygen atoms in total. The molecule has 0 atom stereocenters. The molecule has 7 heteroatoms. The van der Waals surface area contributed by atoms with Gasteiger partial charge in [0.2, 0.25) is 0 Å². The van der Waals surface area contributed by atoms with Gasteiger partial charge in [-0.25, -0.2) is 0 Å². The van der Waals surface area contributed by atoms with Crippen molar-refractivity contribution in [1.82, 2.24) is 0 Å². The lowest BCUT2D eigenvalue weighted by atomic mass is 9.78. The van der Waals surface area contributed by atoms with Crippen molar-refractivity contribution in [2.75, 3.05) is 6.61 Å². The molecule has 0 heterocycles. The normalized spacial score (nSPS) is 11.5. The maximum Gasteiger partial charge on any atom is 0.304 e. The predicted molar refractivity (Wildman–Crippen MR) is 60.3 cm³/mol. The Morgan fingerprint density at radius 1 is 0.944 bits per heavy atom. The van der Waals surface area contributed by atoms with Gasteiger partial charge in [0.15, 0.2) is 0 Å². The molecule has 0 radical (unpaired) electrons. The minimum Gasteiger partial charge on any atom is -0.481 e. The van der Waals surface area contributed by atoms with E-state index in [4.69, 9.17) is 20.1 Å². The lowest BCUT2D eigenvalue weighted by molar-refractivity contribution is -0.151. The Kier molecular flexibility index (Phi) is 6.32. The van der Waals surface area contributed by atoms with Crippen LogP contribution in [0.3, 0.4) is 0 Å². The summed E-state index contributed by atoms with van der Waals surface area (Å²) in [6.07, 6.45) is -1.91. The van der Waals surface area contributed by atoms with Gasteiger partial charge in [0.25, 0.3) is 0 Å². The van der Waals surface area contributed by atoms with Crippen LogP contribution in [0.4, 0.5) is 0 Å². The summed E-state index contributed by atoms with van der Waals surface area (Å²) >= 11 is 0. The van der Waals surface area contributed by atoms with Crippen LogP contribution in [0.1, 0.15) is 33.1 Å². The number of hydrogen-bond donors (Lipinski definition) is 3. The quantitative estimate of drug-likeness (QED) is 0.562. The van der Waals surface area contributed by atoms with E-state index in [2.05, 4.69) is 0 Å². The Bertz CT molecular complexity index is 281. The van der Waals surface area contributed by atoms with Crippen LogP contribution in [0.5, 0.6) is 0 Å². The first-order valence-electron chi connectivity index (χ1n) is 5.44. The molecule has 104 valence electrons. The molecule has 0 aliphatic rings. The van der Waals surface area contributed by atoms with E-state index in [1.165, 1.54) is 0 Å². The molecule has 0 unspecified atom stereocenters. The number of aliphatic carboxylic acids is 3. The first-order chi connectivity index (χ1) is 8.17. The first kappa shape index (κ1) is 16.4. The summed E-state index contributed by atoms with van der Waals surface area (Å²) in [5, 5.41) is 26.4. The average molecular weight is 262 g/mol. The van der Waals surface area contributed by atoms with Crippen LogP contribution in [0.25, 0.3) is 0 Å². The summed E-state index contributed by atoms with van der Waals surface area (Å²) in [5.41, 5.74) is -1.42. The summed E-state index contributed by atoms with van der Waals surface area (Å²) in [6, 6.07) is 0. The van der Waals surface area contributed by atoms with Crippen LogP contribution >= 0.6 is 0 Å². The van der Waals surface area contributed by atoms with Crippen molar-refractivity contribution in [1.29, 1.82) is 0 Å². The van der Waals surface area contributed by atoms with Gasteiger partial charge in [0.05, 0.1) is 32.0 Å². The third-order valence-corrected chi connectivity index (χ3v) is 2.30. The SMILES string of the molecule is CC(C)OCC(CC(=O)O)(CC(=O)O)CC(=O)O. The van der Waals surface area contributed by atoms with Crippen LogP contribution < -0.4 is 0 Å². The number of carbonyl (C=O) groups is 3. The van der Waals surface area contributed by atoms with Crippen LogP contribution in [0, 0.1) is 5.41 Å². The third-order valence-electron chi connectivity index (χ3n) is 2.30. The largest absolute Gasteiger partial charge is 0.481 e. The predicted octanol–water partition coefficient (Wildman–Crippen LogP) is 0.822. The van der Waals surface area contributed by atoms with Crippen molar-refractivity contribution < 1.29 is 34.4 Å². The average Bonchev–Trinajstić information content (AvgIpc) is 2.11. The zero-order valence-electron chi connectivity index (χ0n) is 10.4. The molecule has 0 fully saturated rings. The minimum absolute atomic E-state index is 0.213. The van der Waals surface area contributed by atoms with Gasteiger partial charge in [-0.3, -0.25) is 14.4 Å². The molecule has 0 aliphatic heterocycles. The Morgan fingerprint density at radius 3 is 1.50 bits per heavy atom. The van der Waals surface area contributed by atoms with Gasteiger partial charge in [-0.2, -0.15) is 0 Å². The summed E-state index contributed by atoms with van der Waals surface area (Å²) < 4.78 is 5.22. The minimum atomic E-state index is -1.42. The molecule has 0 aromatic carbocycles. The molecule has 3 N–H and O–H groups in total. The molecule has 0 saturated heterocycles. The van der Waals surface area contributed by atoms with E-state index >= 15 is 0 Å². The highest BCUT2D eigenvalue weighted by Crippen LogP contribution is 2.32. The highest BCUT2D eigenvalue weighted by Gasteiger charge is 2.38. The standard InChI is InChI=1S/C11H18O7/c1-7(2)18-6-11(3-8(12)13,4-9(14)15)5-10(16)17/h7H,3-6H2,1-2H3,(H,12,13)(H,14,15)(H,16,17). The molecule has 0 spiro atoms. The van der Waals surface area contributed by atoms with E-state index in [0.717, 1.165) is 0 Å². The molecular formula is C11H18O7. The summed E-state index contributed by atoms with van der Waals surface area (Å²) in [5.74, 6) is -3.74. The Balaban J connectivity index is 5.02. The molecule has 0 saturated carbocycles. The number of carboxylic acids is 3. The van der Waals surface area contributed by atoms with Crippen molar-refractivity contribution in [3.63, 3.8) is 0 Å². The molecule has 0 aliphatic carbocycles. The molecule has 0 bridgehead atoms. The molecule has 18 heavy (non-hydrogen) atoms. The van der Waals surface area contributed by atoms with Crippen molar-refractivity contribution >= 4 is 17.9 Å². The van der Waals surface area contributed by atoms with Crippen molar-refractivity contribution in [2.45, 2.75) is 39.2 Å².